The summed E-state index contributed by atoms with van der Waals surface area (Å²) in [4.78, 5) is 0. The molecule has 0 amide bonds. The van der Waals surface area contributed by atoms with Crippen LogP contribution in [0.25, 0.3) is 0 Å². The lowest BCUT2D eigenvalue weighted by Gasteiger charge is -2.18. The number of likely N-dealkylation sites (N-methyl/N-ethyl adjacent to an activating group) is 1. The fourth-order valence-corrected chi connectivity index (χ4v) is 2.51. The van der Waals surface area contributed by atoms with Gasteiger partial charge in [-0.3, -0.25) is 0 Å². The van der Waals surface area contributed by atoms with Crippen LogP contribution in [0.3, 0.4) is 0 Å². The molecule has 0 fully saturated rings. The van der Waals surface area contributed by atoms with Crippen molar-refractivity contribution < 1.29 is 0 Å². The molecular formula is C19H25N. The zero-order valence-corrected chi connectivity index (χ0v) is 13.0. The van der Waals surface area contributed by atoms with Gasteiger partial charge in [-0.05, 0) is 61.6 Å². The van der Waals surface area contributed by atoms with Gasteiger partial charge in [-0.1, -0.05) is 49.4 Å². The van der Waals surface area contributed by atoms with Gasteiger partial charge in [0.25, 0.3) is 0 Å². The smallest absolute Gasteiger partial charge is 0.0358 e. The molecule has 2 aromatic rings. The molecule has 0 heterocycles. The molecule has 0 saturated carbocycles. The van der Waals surface area contributed by atoms with Gasteiger partial charge in [0.05, 0.1) is 0 Å². The van der Waals surface area contributed by atoms with Crippen molar-refractivity contribution in [1.29, 1.82) is 0 Å². The van der Waals surface area contributed by atoms with Gasteiger partial charge in [0.15, 0.2) is 0 Å². The molecule has 2 aromatic carbocycles. The molecule has 2 rings (SSSR count). The minimum atomic E-state index is 0.377. The number of benzene rings is 2. The summed E-state index contributed by atoms with van der Waals surface area (Å²) in [5.74, 6) is 0. The van der Waals surface area contributed by atoms with Gasteiger partial charge in [0, 0.05) is 6.04 Å². The second-order valence-corrected chi connectivity index (χ2v) is 5.56. The lowest BCUT2D eigenvalue weighted by Crippen LogP contribution is -2.19. The van der Waals surface area contributed by atoms with Crippen molar-refractivity contribution in [2.75, 3.05) is 7.05 Å². The Kier molecular flexibility index (Phi) is 4.97. The molecule has 0 spiro atoms. The second-order valence-electron chi connectivity index (χ2n) is 5.56. The number of hydrogen-bond donors (Lipinski definition) is 1. The highest BCUT2D eigenvalue weighted by atomic mass is 14.9. The average molecular weight is 267 g/mol. The lowest BCUT2D eigenvalue weighted by atomic mass is 9.95. The van der Waals surface area contributed by atoms with E-state index in [2.05, 4.69) is 68.6 Å². The minimum Gasteiger partial charge on any atom is -0.313 e. The Morgan fingerprint density at radius 1 is 0.900 bits per heavy atom. The molecule has 0 aliphatic carbocycles. The maximum absolute atomic E-state index is 3.44. The van der Waals surface area contributed by atoms with Gasteiger partial charge in [-0.2, -0.15) is 0 Å². The summed E-state index contributed by atoms with van der Waals surface area (Å²) in [6.07, 6.45) is 2.13. The van der Waals surface area contributed by atoms with Crippen molar-refractivity contribution in [3.63, 3.8) is 0 Å². The molecule has 0 bridgehead atoms. The molecule has 1 nitrogen and oxygen atoms in total. The predicted molar refractivity (Wildman–Crippen MR) is 87.2 cm³/mol. The fourth-order valence-electron chi connectivity index (χ4n) is 2.51. The molecule has 0 aliphatic heterocycles. The van der Waals surface area contributed by atoms with Crippen LogP contribution < -0.4 is 5.32 Å². The number of aryl methyl sites for hydroxylation is 3. The van der Waals surface area contributed by atoms with Gasteiger partial charge >= 0.3 is 0 Å². The van der Waals surface area contributed by atoms with E-state index in [9.17, 15) is 0 Å². The first-order chi connectivity index (χ1) is 9.63. The molecule has 20 heavy (non-hydrogen) atoms. The zero-order valence-electron chi connectivity index (χ0n) is 13.0. The Balaban J connectivity index is 2.16. The first kappa shape index (κ1) is 14.8. The van der Waals surface area contributed by atoms with Crippen LogP contribution in [-0.2, 0) is 12.8 Å². The highest BCUT2D eigenvalue weighted by molar-refractivity contribution is 5.33. The molecule has 106 valence electrons. The Morgan fingerprint density at radius 3 is 2.10 bits per heavy atom. The summed E-state index contributed by atoms with van der Waals surface area (Å²) < 4.78 is 0. The maximum Gasteiger partial charge on any atom is 0.0358 e. The molecule has 0 radical (unpaired) electrons. The van der Waals surface area contributed by atoms with Crippen molar-refractivity contribution in [2.45, 2.75) is 39.7 Å². The van der Waals surface area contributed by atoms with Crippen molar-refractivity contribution in [3.8, 4) is 0 Å². The maximum atomic E-state index is 3.44. The summed E-state index contributed by atoms with van der Waals surface area (Å²) in [5.41, 5.74) is 6.89. The van der Waals surface area contributed by atoms with Gasteiger partial charge in [-0.15, -0.1) is 0 Å². The van der Waals surface area contributed by atoms with E-state index in [4.69, 9.17) is 0 Å². The number of hydrogen-bond acceptors (Lipinski definition) is 1. The third-order valence-electron chi connectivity index (χ3n) is 4.15. The van der Waals surface area contributed by atoms with Crippen LogP contribution in [-0.4, -0.2) is 7.05 Å². The van der Waals surface area contributed by atoms with Gasteiger partial charge in [0.1, 0.15) is 0 Å². The van der Waals surface area contributed by atoms with E-state index in [0.717, 1.165) is 12.8 Å². The fraction of sp³-hybridized carbons (Fsp3) is 0.368. The van der Waals surface area contributed by atoms with Crippen LogP contribution in [0.2, 0.25) is 0 Å². The van der Waals surface area contributed by atoms with Gasteiger partial charge < -0.3 is 5.32 Å². The van der Waals surface area contributed by atoms with Crippen molar-refractivity contribution >= 4 is 0 Å². The summed E-state index contributed by atoms with van der Waals surface area (Å²) >= 11 is 0. The predicted octanol–water partition coefficient (Wildman–Crippen LogP) is 4.37. The normalized spacial score (nSPS) is 12.4. The first-order valence-corrected chi connectivity index (χ1v) is 7.46. The van der Waals surface area contributed by atoms with Crippen molar-refractivity contribution in [1.82, 2.24) is 5.32 Å². The van der Waals surface area contributed by atoms with Crippen LogP contribution >= 0.6 is 0 Å². The van der Waals surface area contributed by atoms with E-state index in [1.54, 1.807) is 0 Å². The highest BCUT2D eigenvalue weighted by Crippen LogP contribution is 2.21. The van der Waals surface area contributed by atoms with E-state index in [1.165, 1.54) is 27.8 Å². The highest BCUT2D eigenvalue weighted by Gasteiger charge is 2.10. The monoisotopic (exact) mass is 267 g/mol. The molecule has 1 atom stereocenters. The van der Waals surface area contributed by atoms with E-state index in [0.29, 0.717) is 6.04 Å². The summed E-state index contributed by atoms with van der Waals surface area (Å²) in [5, 5.41) is 3.44. The molecule has 0 aliphatic rings. The largest absolute Gasteiger partial charge is 0.313 e. The molecule has 1 heteroatoms. The van der Waals surface area contributed by atoms with Crippen molar-refractivity contribution in [2.24, 2.45) is 0 Å². The quantitative estimate of drug-likeness (QED) is 0.848. The van der Waals surface area contributed by atoms with E-state index in [-0.39, 0.29) is 0 Å². The van der Waals surface area contributed by atoms with Crippen LogP contribution in [0.1, 0.15) is 40.8 Å². The van der Waals surface area contributed by atoms with Gasteiger partial charge in [0.2, 0.25) is 0 Å². The minimum absolute atomic E-state index is 0.377. The van der Waals surface area contributed by atoms with Crippen LogP contribution in [0.5, 0.6) is 0 Å². The number of nitrogens with one attached hydrogen (secondary N) is 1. The molecule has 1 unspecified atom stereocenters. The first-order valence-electron chi connectivity index (χ1n) is 7.46. The molecule has 1 N–H and O–H groups in total. The van der Waals surface area contributed by atoms with Crippen LogP contribution in [0.4, 0.5) is 0 Å². The van der Waals surface area contributed by atoms with Gasteiger partial charge in [-0.25, -0.2) is 0 Å². The van der Waals surface area contributed by atoms with E-state index < -0.39 is 0 Å². The van der Waals surface area contributed by atoms with Crippen molar-refractivity contribution in [3.05, 3.63) is 70.3 Å². The molecular weight excluding hydrogens is 242 g/mol. The lowest BCUT2D eigenvalue weighted by molar-refractivity contribution is 0.591. The molecule has 0 aromatic heterocycles. The average Bonchev–Trinajstić information content (AvgIpc) is 2.48. The van der Waals surface area contributed by atoms with Crippen LogP contribution in [0, 0.1) is 13.8 Å². The Labute approximate surface area is 123 Å². The third-order valence-corrected chi connectivity index (χ3v) is 4.15. The van der Waals surface area contributed by atoms with E-state index >= 15 is 0 Å². The Bertz CT molecular complexity index is 554. The van der Waals surface area contributed by atoms with Crippen LogP contribution in [0.15, 0.2) is 42.5 Å². The summed E-state index contributed by atoms with van der Waals surface area (Å²) in [7, 11) is 2.04. The SMILES string of the molecule is CCc1ccc(CC(NC)c2ccc(C)c(C)c2)cc1. The summed E-state index contributed by atoms with van der Waals surface area (Å²) in [6.45, 7) is 6.54. The summed E-state index contributed by atoms with van der Waals surface area (Å²) in [6, 6.07) is 16.1. The number of rotatable bonds is 5. The zero-order chi connectivity index (χ0) is 14.5. The Morgan fingerprint density at radius 2 is 1.55 bits per heavy atom. The molecule has 0 saturated heterocycles. The second kappa shape index (κ2) is 6.71. The topological polar surface area (TPSA) is 12.0 Å². The Hall–Kier alpha value is -1.60. The third kappa shape index (κ3) is 3.49. The van der Waals surface area contributed by atoms with E-state index in [1.807, 2.05) is 7.05 Å². The standard InChI is InChI=1S/C19H25N/c1-5-16-7-9-17(10-8-16)13-19(20-4)18-11-6-14(2)15(3)12-18/h6-12,19-20H,5,13H2,1-4H3.